The number of unbranched alkanes of at least 4 members (excludes halogenated alkanes) is 5. The molecule has 0 fully saturated rings. The van der Waals surface area contributed by atoms with Gasteiger partial charge in [-0.1, -0.05) is 75.4 Å². The second kappa shape index (κ2) is 11.6. The minimum Gasteiger partial charge on any atom is -0.478 e. The maximum atomic E-state index is 12.5. The molecule has 0 aromatic heterocycles. The van der Waals surface area contributed by atoms with Crippen LogP contribution in [0.5, 0.6) is 0 Å². The van der Waals surface area contributed by atoms with Crippen molar-refractivity contribution in [3.05, 3.63) is 65.2 Å². The normalized spacial score (nSPS) is 11.3. The van der Waals surface area contributed by atoms with Gasteiger partial charge in [0.05, 0.1) is 17.0 Å². The average Bonchev–Trinajstić information content (AvgIpc) is 2.69. The zero-order valence-corrected chi connectivity index (χ0v) is 17.9. The highest BCUT2D eigenvalue weighted by atomic mass is 32.2. The zero-order valence-electron chi connectivity index (χ0n) is 17.1. The van der Waals surface area contributed by atoms with Gasteiger partial charge in [-0.05, 0) is 42.5 Å². The highest BCUT2D eigenvalue weighted by Gasteiger charge is 2.17. The average molecular weight is 418 g/mol. The largest absolute Gasteiger partial charge is 0.478 e. The maximum absolute atomic E-state index is 12.5. The van der Waals surface area contributed by atoms with Crippen molar-refractivity contribution >= 4 is 21.7 Å². The quantitative estimate of drug-likeness (QED) is 0.435. The van der Waals surface area contributed by atoms with E-state index in [2.05, 4.69) is 11.6 Å². The fraction of sp³-hybridized carbons (Fsp3) is 0.435. The van der Waals surface area contributed by atoms with Gasteiger partial charge in [-0.15, -0.1) is 0 Å². The second-order valence-corrected chi connectivity index (χ2v) is 9.20. The van der Waals surface area contributed by atoms with Gasteiger partial charge in [0, 0.05) is 0 Å². The summed E-state index contributed by atoms with van der Waals surface area (Å²) < 4.78 is 27.4. The molecule has 29 heavy (non-hydrogen) atoms. The number of aromatic carboxylic acids is 1. The predicted octanol–water partition coefficient (Wildman–Crippen LogP) is 5.27. The number of nitrogens with one attached hydrogen (secondary N) is 1. The molecule has 0 aliphatic carbocycles. The van der Waals surface area contributed by atoms with Crippen molar-refractivity contribution in [1.29, 1.82) is 0 Å². The number of hydrogen-bond donors (Lipinski definition) is 2. The molecular formula is C23H31NO4S. The minimum absolute atomic E-state index is 0.00638. The Labute approximate surface area is 174 Å². The summed E-state index contributed by atoms with van der Waals surface area (Å²) in [6.45, 7) is 2.14. The first-order valence-electron chi connectivity index (χ1n) is 10.3. The van der Waals surface area contributed by atoms with Crippen molar-refractivity contribution in [2.45, 2.75) is 58.3 Å². The van der Waals surface area contributed by atoms with Crippen LogP contribution < -0.4 is 4.72 Å². The zero-order chi connectivity index (χ0) is 21.1. The molecule has 0 unspecified atom stereocenters. The molecule has 5 nitrogen and oxygen atoms in total. The van der Waals surface area contributed by atoms with Gasteiger partial charge in [0.1, 0.15) is 0 Å². The molecule has 0 amide bonds. The van der Waals surface area contributed by atoms with E-state index in [1.807, 2.05) is 30.3 Å². The molecule has 2 N–H and O–H groups in total. The van der Waals surface area contributed by atoms with Gasteiger partial charge in [0.15, 0.2) is 0 Å². The molecule has 0 atom stereocenters. The Morgan fingerprint density at radius 2 is 1.55 bits per heavy atom. The molecule has 0 saturated heterocycles. The number of carbonyl (C=O) groups is 1. The van der Waals surface area contributed by atoms with Crippen LogP contribution in [0.2, 0.25) is 0 Å². The Kier molecular flexibility index (Phi) is 9.19. The molecule has 0 bridgehead atoms. The number of benzene rings is 2. The van der Waals surface area contributed by atoms with Gasteiger partial charge in [-0.25, -0.2) is 13.2 Å². The van der Waals surface area contributed by atoms with E-state index in [0.29, 0.717) is 12.8 Å². The number of carboxylic acids is 1. The van der Waals surface area contributed by atoms with E-state index in [4.69, 9.17) is 0 Å². The number of hydrogen-bond acceptors (Lipinski definition) is 3. The maximum Gasteiger partial charge on any atom is 0.337 e. The predicted molar refractivity (Wildman–Crippen MR) is 118 cm³/mol. The van der Waals surface area contributed by atoms with Crippen molar-refractivity contribution in [2.75, 3.05) is 10.5 Å². The Hall–Kier alpha value is -2.34. The standard InChI is InChI=1S/C23H31NO4S/c1-2-3-4-5-6-10-17-29(27,28)24-22-18-20(15-16-21(22)23(25)26)14-13-19-11-8-7-9-12-19/h7-9,11-12,15-16,18,24H,2-6,10,13-14,17H2,1H3,(H,25,26). The van der Waals surface area contributed by atoms with E-state index in [1.54, 1.807) is 12.1 Å². The third-order valence-electron chi connectivity index (χ3n) is 4.89. The molecule has 2 aromatic carbocycles. The summed E-state index contributed by atoms with van der Waals surface area (Å²) in [6.07, 6.45) is 7.42. The number of sulfonamides is 1. The highest BCUT2D eigenvalue weighted by molar-refractivity contribution is 7.92. The molecular weight excluding hydrogens is 386 g/mol. The van der Waals surface area contributed by atoms with Gasteiger partial charge in [-0.2, -0.15) is 0 Å². The summed E-state index contributed by atoms with van der Waals surface area (Å²) in [5.41, 5.74) is 2.20. The van der Waals surface area contributed by atoms with E-state index in [0.717, 1.165) is 37.7 Å². The van der Waals surface area contributed by atoms with Crippen LogP contribution in [-0.2, 0) is 22.9 Å². The SMILES string of the molecule is CCCCCCCCS(=O)(=O)Nc1cc(CCc2ccccc2)ccc1C(=O)O. The lowest BCUT2D eigenvalue weighted by Crippen LogP contribution is -2.19. The van der Waals surface area contributed by atoms with Crippen LogP contribution in [0.4, 0.5) is 5.69 Å². The van der Waals surface area contributed by atoms with Crippen LogP contribution in [0.3, 0.4) is 0 Å². The number of carboxylic acid groups (broad SMARTS) is 1. The number of aryl methyl sites for hydroxylation is 2. The lowest BCUT2D eigenvalue weighted by atomic mass is 10.0. The van der Waals surface area contributed by atoms with Crippen LogP contribution in [0.25, 0.3) is 0 Å². The molecule has 2 rings (SSSR count). The van der Waals surface area contributed by atoms with E-state index < -0.39 is 16.0 Å². The summed E-state index contributed by atoms with van der Waals surface area (Å²) in [5.74, 6) is -1.14. The van der Waals surface area contributed by atoms with Crippen LogP contribution in [0.1, 0.15) is 66.9 Å². The highest BCUT2D eigenvalue weighted by Crippen LogP contribution is 2.21. The third kappa shape index (κ3) is 8.28. The van der Waals surface area contributed by atoms with E-state index in [-0.39, 0.29) is 17.0 Å². The minimum atomic E-state index is -3.58. The van der Waals surface area contributed by atoms with Crippen LogP contribution in [-0.4, -0.2) is 25.2 Å². The topological polar surface area (TPSA) is 83.5 Å². The first-order chi connectivity index (χ1) is 13.9. The van der Waals surface area contributed by atoms with Gasteiger partial charge in [0.25, 0.3) is 0 Å². The molecule has 0 spiro atoms. The molecule has 0 heterocycles. The fourth-order valence-electron chi connectivity index (χ4n) is 3.24. The Morgan fingerprint density at radius 3 is 2.24 bits per heavy atom. The van der Waals surface area contributed by atoms with Crippen molar-refractivity contribution in [3.8, 4) is 0 Å². The number of rotatable bonds is 13. The molecule has 0 aliphatic heterocycles. The van der Waals surface area contributed by atoms with Crippen LogP contribution in [0, 0.1) is 0 Å². The van der Waals surface area contributed by atoms with E-state index in [9.17, 15) is 18.3 Å². The van der Waals surface area contributed by atoms with Crippen molar-refractivity contribution in [3.63, 3.8) is 0 Å². The summed E-state index contributed by atoms with van der Waals surface area (Å²) >= 11 is 0. The lowest BCUT2D eigenvalue weighted by molar-refractivity contribution is 0.0698. The third-order valence-corrected chi connectivity index (χ3v) is 6.25. The summed E-state index contributed by atoms with van der Waals surface area (Å²) in [6, 6.07) is 14.9. The summed E-state index contributed by atoms with van der Waals surface area (Å²) in [7, 11) is -3.58. The monoisotopic (exact) mass is 417 g/mol. The van der Waals surface area contributed by atoms with Crippen LogP contribution >= 0.6 is 0 Å². The first-order valence-corrected chi connectivity index (χ1v) is 12.0. The van der Waals surface area contributed by atoms with Crippen molar-refractivity contribution in [2.24, 2.45) is 0 Å². The molecule has 0 saturated carbocycles. The molecule has 6 heteroatoms. The molecule has 0 aliphatic rings. The Morgan fingerprint density at radius 1 is 0.897 bits per heavy atom. The molecule has 158 valence electrons. The van der Waals surface area contributed by atoms with Gasteiger partial charge in [-0.3, -0.25) is 4.72 Å². The second-order valence-electron chi connectivity index (χ2n) is 7.36. The summed E-state index contributed by atoms with van der Waals surface area (Å²) in [4.78, 5) is 11.5. The first kappa shape index (κ1) is 22.9. The summed E-state index contributed by atoms with van der Waals surface area (Å²) in [5, 5.41) is 9.42. The van der Waals surface area contributed by atoms with Crippen LogP contribution in [0.15, 0.2) is 48.5 Å². The van der Waals surface area contributed by atoms with E-state index in [1.165, 1.54) is 18.1 Å². The lowest BCUT2D eigenvalue weighted by Gasteiger charge is -2.12. The smallest absolute Gasteiger partial charge is 0.337 e. The Bertz CT molecular complexity index is 879. The van der Waals surface area contributed by atoms with Crippen molar-refractivity contribution in [1.82, 2.24) is 0 Å². The van der Waals surface area contributed by atoms with Gasteiger partial charge >= 0.3 is 5.97 Å². The van der Waals surface area contributed by atoms with E-state index >= 15 is 0 Å². The van der Waals surface area contributed by atoms with Gasteiger partial charge in [0.2, 0.25) is 10.0 Å². The van der Waals surface area contributed by atoms with Crippen molar-refractivity contribution < 1.29 is 18.3 Å². The molecule has 0 radical (unpaired) electrons. The molecule has 2 aromatic rings. The number of anilines is 1. The Balaban J connectivity index is 2.01. The fourth-order valence-corrected chi connectivity index (χ4v) is 4.43. The van der Waals surface area contributed by atoms with Gasteiger partial charge < -0.3 is 5.11 Å².